The van der Waals surface area contributed by atoms with Gasteiger partial charge < -0.3 is 4.57 Å². The molecule has 266 valence electrons. The molecule has 0 aliphatic heterocycles. The molecular weight excluding hydrogens is 699 g/mol. The van der Waals surface area contributed by atoms with E-state index >= 15 is 0 Å². The van der Waals surface area contributed by atoms with Crippen LogP contribution in [0.5, 0.6) is 0 Å². The largest absolute Gasteiger partial charge is 0.306 e. The lowest BCUT2D eigenvalue weighted by molar-refractivity contribution is 0.825. The van der Waals surface area contributed by atoms with Gasteiger partial charge in [0.1, 0.15) is 0 Å². The van der Waals surface area contributed by atoms with E-state index in [1.807, 2.05) is 35.7 Å². The van der Waals surface area contributed by atoms with E-state index in [1.165, 1.54) is 64.6 Å². The summed E-state index contributed by atoms with van der Waals surface area (Å²) >= 11 is 1.92. The van der Waals surface area contributed by atoms with Crippen LogP contribution in [0.3, 0.4) is 0 Å². The first-order valence-electron chi connectivity index (χ1n) is 19.4. The molecule has 0 saturated carbocycles. The van der Waals surface area contributed by atoms with Crippen molar-refractivity contribution in [3.8, 4) is 39.5 Å². The number of allylic oxidation sites excluding steroid dienone is 5. The third-order valence-electron chi connectivity index (χ3n) is 11.6. The van der Waals surface area contributed by atoms with Crippen LogP contribution in [0.4, 0.5) is 0 Å². The monoisotopic (exact) mass is 735 g/mol. The van der Waals surface area contributed by atoms with E-state index in [1.54, 1.807) is 0 Å². The summed E-state index contributed by atoms with van der Waals surface area (Å²) in [6.45, 7) is 0. The average Bonchev–Trinajstić information content (AvgIpc) is 3.82. The third-order valence-corrected chi connectivity index (χ3v) is 12.8. The molecule has 0 N–H and O–H groups in total. The van der Waals surface area contributed by atoms with E-state index in [0.29, 0.717) is 11.7 Å². The standard InChI is InChI=1S/C52H37N3S/c1-6-16-34(17-7-1)39-26-28-44-42(30-39)48-45(55(44)46-33-53-52(38-24-14-5-15-25-38)54-50(46)37-22-12-4-13-23-37)32-41(36-20-10-3-11-21-36)51-49(48)43-31-40(27-29-47(43)56-51)35-18-8-2-9-19-35/h1-18,20-29,31-33,35,39H,19,30H2. The quantitative estimate of drug-likeness (QED) is 0.170. The van der Waals surface area contributed by atoms with Gasteiger partial charge in [-0.1, -0.05) is 158 Å². The van der Waals surface area contributed by atoms with E-state index < -0.39 is 0 Å². The minimum atomic E-state index is 0.261. The van der Waals surface area contributed by atoms with Crippen LogP contribution in [0.15, 0.2) is 182 Å². The van der Waals surface area contributed by atoms with Crippen LogP contribution in [0.1, 0.15) is 40.6 Å². The summed E-state index contributed by atoms with van der Waals surface area (Å²) in [6.07, 6.45) is 17.7. The number of fused-ring (bicyclic) bond motifs is 7. The average molecular weight is 736 g/mol. The highest BCUT2D eigenvalue weighted by molar-refractivity contribution is 7.26. The van der Waals surface area contributed by atoms with Gasteiger partial charge in [0.05, 0.1) is 23.1 Å². The SMILES string of the molecule is C1=CCC(c2ccc3sc4c(-c5ccccc5)cc5c(c6c(n5-c5cnc(-c7ccccc7)nc5-c5ccccc5)C=CC(c5ccccc5)C6)c4c3c2)C=C1. The predicted octanol–water partition coefficient (Wildman–Crippen LogP) is 13.7. The molecule has 2 aliphatic rings. The highest BCUT2D eigenvalue weighted by Crippen LogP contribution is 2.50. The summed E-state index contributed by atoms with van der Waals surface area (Å²) in [5, 5.41) is 4.00. The summed E-state index contributed by atoms with van der Waals surface area (Å²) < 4.78 is 5.12. The molecule has 4 heteroatoms. The molecule has 0 amide bonds. The Balaban J connectivity index is 1.27. The van der Waals surface area contributed by atoms with Crippen molar-refractivity contribution in [3.05, 3.63) is 205 Å². The summed E-state index contributed by atoms with van der Waals surface area (Å²) in [7, 11) is 0. The van der Waals surface area contributed by atoms with Crippen molar-refractivity contribution in [2.75, 3.05) is 0 Å². The predicted molar refractivity (Wildman–Crippen MR) is 236 cm³/mol. The zero-order valence-electron chi connectivity index (χ0n) is 30.7. The van der Waals surface area contributed by atoms with E-state index in [2.05, 4.69) is 168 Å². The van der Waals surface area contributed by atoms with Gasteiger partial charge in [0, 0.05) is 59.8 Å². The molecule has 9 aromatic rings. The molecule has 3 aromatic heterocycles. The Bertz CT molecular complexity index is 3010. The zero-order chi connectivity index (χ0) is 37.0. The number of benzene rings is 6. The number of nitrogens with zero attached hydrogens (tertiary/aromatic N) is 3. The Kier molecular flexibility index (Phi) is 7.96. The van der Waals surface area contributed by atoms with Gasteiger partial charge in [0.2, 0.25) is 0 Å². The van der Waals surface area contributed by atoms with Gasteiger partial charge in [-0.3, -0.25) is 0 Å². The topological polar surface area (TPSA) is 30.7 Å². The molecule has 2 unspecified atom stereocenters. The maximum Gasteiger partial charge on any atom is 0.159 e. The van der Waals surface area contributed by atoms with Crippen LogP contribution in [0.2, 0.25) is 0 Å². The first-order valence-corrected chi connectivity index (χ1v) is 20.3. The molecule has 0 radical (unpaired) electrons. The molecule has 56 heavy (non-hydrogen) atoms. The second-order valence-electron chi connectivity index (χ2n) is 14.8. The molecule has 3 nitrogen and oxygen atoms in total. The smallest absolute Gasteiger partial charge is 0.159 e. The summed E-state index contributed by atoms with van der Waals surface area (Å²) in [4.78, 5) is 10.5. The summed E-state index contributed by atoms with van der Waals surface area (Å²) in [6, 6.07) is 52.4. The Labute approximate surface area is 330 Å². The minimum absolute atomic E-state index is 0.261. The first-order chi connectivity index (χ1) is 27.8. The highest BCUT2D eigenvalue weighted by atomic mass is 32.1. The summed E-state index contributed by atoms with van der Waals surface area (Å²) in [5.41, 5.74) is 12.9. The fraction of sp³-hybridized carbons (Fsp3) is 0.0769. The number of hydrogen-bond donors (Lipinski definition) is 0. The molecule has 0 spiro atoms. The lowest BCUT2D eigenvalue weighted by Crippen LogP contribution is -2.09. The van der Waals surface area contributed by atoms with E-state index in [4.69, 9.17) is 9.97 Å². The number of aromatic nitrogens is 3. The number of rotatable bonds is 6. The molecule has 0 saturated heterocycles. The van der Waals surface area contributed by atoms with Crippen LogP contribution in [0.25, 0.3) is 76.6 Å². The maximum atomic E-state index is 5.37. The maximum absolute atomic E-state index is 5.37. The first kappa shape index (κ1) is 32.8. The molecule has 2 atom stereocenters. The van der Waals surface area contributed by atoms with Crippen molar-refractivity contribution in [1.29, 1.82) is 0 Å². The summed E-state index contributed by atoms with van der Waals surface area (Å²) in [5.74, 6) is 1.34. The fourth-order valence-electron chi connectivity index (χ4n) is 8.86. The fourth-order valence-corrected chi connectivity index (χ4v) is 10.1. The molecular formula is C52H37N3S. The van der Waals surface area contributed by atoms with Crippen molar-refractivity contribution >= 4 is 48.5 Å². The van der Waals surface area contributed by atoms with E-state index in [9.17, 15) is 0 Å². The van der Waals surface area contributed by atoms with Crippen molar-refractivity contribution in [3.63, 3.8) is 0 Å². The van der Waals surface area contributed by atoms with Gasteiger partial charge in [-0.2, -0.15) is 0 Å². The number of thiophene rings is 1. The Morgan fingerprint density at radius 2 is 1.34 bits per heavy atom. The molecule has 11 rings (SSSR count). The normalized spacial score (nSPS) is 16.2. The second kappa shape index (κ2) is 13.6. The van der Waals surface area contributed by atoms with Gasteiger partial charge in [-0.25, -0.2) is 9.97 Å². The van der Waals surface area contributed by atoms with Gasteiger partial charge in [-0.15, -0.1) is 11.3 Å². The molecule has 0 fully saturated rings. The second-order valence-corrected chi connectivity index (χ2v) is 15.9. The molecule has 2 aliphatic carbocycles. The van der Waals surface area contributed by atoms with Crippen LogP contribution in [-0.4, -0.2) is 14.5 Å². The third kappa shape index (κ3) is 5.48. The minimum Gasteiger partial charge on any atom is -0.306 e. The van der Waals surface area contributed by atoms with Gasteiger partial charge in [0.15, 0.2) is 5.82 Å². The van der Waals surface area contributed by atoms with Crippen molar-refractivity contribution in [2.24, 2.45) is 0 Å². The van der Waals surface area contributed by atoms with Crippen molar-refractivity contribution < 1.29 is 0 Å². The van der Waals surface area contributed by atoms with E-state index in [0.717, 1.165) is 35.3 Å². The van der Waals surface area contributed by atoms with Gasteiger partial charge in [-0.05, 0) is 59.4 Å². The number of hydrogen-bond acceptors (Lipinski definition) is 3. The van der Waals surface area contributed by atoms with Crippen molar-refractivity contribution in [2.45, 2.75) is 24.7 Å². The Morgan fingerprint density at radius 1 is 0.625 bits per heavy atom. The molecule has 0 bridgehead atoms. The van der Waals surface area contributed by atoms with Crippen LogP contribution < -0.4 is 0 Å². The molecule has 3 heterocycles. The van der Waals surface area contributed by atoms with E-state index in [-0.39, 0.29) is 5.92 Å². The highest BCUT2D eigenvalue weighted by Gasteiger charge is 2.29. The van der Waals surface area contributed by atoms with Crippen LogP contribution in [0, 0.1) is 0 Å². The Morgan fingerprint density at radius 3 is 2.07 bits per heavy atom. The molecule has 6 aromatic carbocycles. The van der Waals surface area contributed by atoms with Crippen LogP contribution >= 0.6 is 11.3 Å². The van der Waals surface area contributed by atoms with Crippen molar-refractivity contribution in [1.82, 2.24) is 14.5 Å². The lowest BCUT2D eigenvalue weighted by atomic mass is 9.85. The zero-order valence-corrected chi connectivity index (χ0v) is 31.5. The van der Waals surface area contributed by atoms with Gasteiger partial charge in [0.25, 0.3) is 0 Å². The lowest BCUT2D eigenvalue weighted by Gasteiger charge is -2.20. The van der Waals surface area contributed by atoms with Gasteiger partial charge >= 0.3 is 0 Å². The van der Waals surface area contributed by atoms with Crippen LogP contribution in [-0.2, 0) is 6.42 Å². The Hall–Kier alpha value is -6.62.